The van der Waals surface area contributed by atoms with Crippen LogP contribution in [0.3, 0.4) is 0 Å². The van der Waals surface area contributed by atoms with Gasteiger partial charge in [0, 0.05) is 30.4 Å². The van der Waals surface area contributed by atoms with E-state index >= 15 is 0 Å². The lowest BCUT2D eigenvalue weighted by Crippen LogP contribution is -2.29. The summed E-state index contributed by atoms with van der Waals surface area (Å²) in [4.78, 5) is 11.5. The molecule has 3 aromatic rings. The van der Waals surface area contributed by atoms with Crippen molar-refractivity contribution in [3.8, 4) is 0 Å². The molecule has 1 aliphatic heterocycles. The van der Waals surface area contributed by atoms with E-state index in [0.717, 1.165) is 16.7 Å². The number of benzene rings is 2. The fourth-order valence-corrected chi connectivity index (χ4v) is 3.19. The molecule has 0 radical (unpaired) electrons. The van der Waals surface area contributed by atoms with Gasteiger partial charge >= 0.3 is 0 Å². The van der Waals surface area contributed by atoms with Gasteiger partial charge in [0.25, 0.3) is 0 Å². The van der Waals surface area contributed by atoms with Crippen LogP contribution in [0.5, 0.6) is 0 Å². The molecule has 0 amide bonds. The van der Waals surface area contributed by atoms with Gasteiger partial charge in [-0.25, -0.2) is 9.97 Å². The second kappa shape index (κ2) is 6.83. The Morgan fingerprint density at radius 1 is 0.833 bits per heavy atom. The van der Waals surface area contributed by atoms with Gasteiger partial charge in [0.05, 0.1) is 5.52 Å². The Hall–Kier alpha value is -2.68. The molecule has 4 rings (SSSR count). The molecule has 120 valence electrons. The fourth-order valence-electron chi connectivity index (χ4n) is 3.19. The number of hydrogen-bond donors (Lipinski definition) is 0. The van der Waals surface area contributed by atoms with Gasteiger partial charge < -0.3 is 4.90 Å². The Morgan fingerprint density at radius 2 is 1.62 bits per heavy atom. The molecule has 0 unspecified atom stereocenters. The SMILES string of the molecule is C(=C\c1ncc2ccccc2n1)/c1ccc(N2CCCCC2)cc1. The minimum Gasteiger partial charge on any atom is -0.372 e. The molecule has 24 heavy (non-hydrogen) atoms. The van der Waals surface area contributed by atoms with E-state index in [0.29, 0.717) is 0 Å². The van der Waals surface area contributed by atoms with Gasteiger partial charge in [0.1, 0.15) is 0 Å². The Labute approximate surface area is 142 Å². The lowest BCUT2D eigenvalue weighted by atomic mass is 10.1. The third-order valence-corrected chi connectivity index (χ3v) is 4.55. The van der Waals surface area contributed by atoms with Crippen LogP contribution in [-0.4, -0.2) is 23.1 Å². The van der Waals surface area contributed by atoms with Gasteiger partial charge in [0.15, 0.2) is 5.82 Å². The predicted molar refractivity (Wildman–Crippen MR) is 101 cm³/mol. The quantitative estimate of drug-likeness (QED) is 0.696. The molecule has 1 saturated heterocycles. The molecule has 0 N–H and O–H groups in total. The van der Waals surface area contributed by atoms with Crippen LogP contribution >= 0.6 is 0 Å². The second-order valence-electron chi connectivity index (χ2n) is 6.26. The van der Waals surface area contributed by atoms with Crippen molar-refractivity contribution in [2.24, 2.45) is 0 Å². The number of para-hydroxylation sites is 1. The zero-order valence-corrected chi connectivity index (χ0v) is 13.7. The molecule has 2 heterocycles. The highest BCUT2D eigenvalue weighted by Crippen LogP contribution is 2.21. The summed E-state index contributed by atoms with van der Waals surface area (Å²) in [7, 11) is 0. The normalized spacial score (nSPS) is 15.2. The summed E-state index contributed by atoms with van der Waals surface area (Å²) in [6, 6.07) is 16.8. The molecular formula is C21H21N3. The molecule has 0 spiro atoms. The standard InChI is InChI=1S/C21H21N3/c1-4-14-24(15-5-1)19-11-8-17(9-12-19)10-13-21-22-16-18-6-2-3-7-20(18)23-21/h2-3,6-13,16H,1,4-5,14-15H2/b13-10+. The van der Waals surface area contributed by atoms with E-state index in [2.05, 4.69) is 45.2 Å². The number of anilines is 1. The Morgan fingerprint density at radius 3 is 2.46 bits per heavy atom. The van der Waals surface area contributed by atoms with E-state index in [1.54, 1.807) is 0 Å². The molecule has 1 aliphatic rings. The maximum absolute atomic E-state index is 4.58. The summed E-state index contributed by atoms with van der Waals surface area (Å²) >= 11 is 0. The van der Waals surface area contributed by atoms with Crippen LogP contribution < -0.4 is 4.90 Å². The molecule has 2 aromatic carbocycles. The van der Waals surface area contributed by atoms with Crippen LogP contribution in [0, 0.1) is 0 Å². The van der Waals surface area contributed by atoms with E-state index in [1.165, 1.54) is 43.6 Å². The van der Waals surface area contributed by atoms with E-state index in [-0.39, 0.29) is 0 Å². The highest BCUT2D eigenvalue weighted by Gasteiger charge is 2.10. The van der Waals surface area contributed by atoms with Crippen molar-refractivity contribution >= 4 is 28.7 Å². The van der Waals surface area contributed by atoms with Crippen LogP contribution in [0.15, 0.2) is 54.7 Å². The van der Waals surface area contributed by atoms with E-state index < -0.39 is 0 Å². The van der Waals surface area contributed by atoms with Crippen LogP contribution in [0.2, 0.25) is 0 Å². The van der Waals surface area contributed by atoms with Gasteiger partial charge in [-0.05, 0) is 49.1 Å². The average Bonchev–Trinajstić information content (AvgIpc) is 2.67. The van der Waals surface area contributed by atoms with Gasteiger partial charge in [-0.15, -0.1) is 0 Å². The number of piperidine rings is 1. The maximum Gasteiger partial charge on any atom is 0.152 e. The molecule has 1 aromatic heterocycles. The van der Waals surface area contributed by atoms with Gasteiger partial charge in [0.2, 0.25) is 0 Å². The van der Waals surface area contributed by atoms with Crippen LogP contribution in [0.1, 0.15) is 30.7 Å². The first-order chi connectivity index (χ1) is 11.9. The minimum absolute atomic E-state index is 0.744. The lowest BCUT2D eigenvalue weighted by Gasteiger charge is -2.28. The number of rotatable bonds is 3. The Bertz CT molecular complexity index is 846. The third-order valence-electron chi connectivity index (χ3n) is 4.55. The monoisotopic (exact) mass is 315 g/mol. The van der Waals surface area contributed by atoms with Gasteiger partial charge in [-0.2, -0.15) is 0 Å². The van der Waals surface area contributed by atoms with Crippen molar-refractivity contribution in [3.63, 3.8) is 0 Å². The number of nitrogens with zero attached hydrogens (tertiary/aromatic N) is 3. The number of fused-ring (bicyclic) bond motifs is 1. The molecule has 3 heteroatoms. The lowest BCUT2D eigenvalue weighted by molar-refractivity contribution is 0.578. The first-order valence-electron chi connectivity index (χ1n) is 8.63. The Balaban J connectivity index is 1.50. The molecule has 0 saturated carbocycles. The first kappa shape index (κ1) is 14.9. The maximum atomic E-state index is 4.58. The first-order valence-corrected chi connectivity index (χ1v) is 8.63. The summed E-state index contributed by atoms with van der Waals surface area (Å²) in [6.45, 7) is 2.36. The highest BCUT2D eigenvalue weighted by molar-refractivity contribution is 5.79. The summed E-state index contributed by atoms with van der Waals surface area (Å²) in [5.41, 5.74) is 3.48. The van der Waals surface area contributed by atoms with Crippen molar-refractivity contribution in [1.29, 1.82) is 0 Å². The largest absolute Gasteiger partial charge is 0.372 e. The molecule has 0 aliphatic carbocycles. The Kier molecular flexibility index (Phi) is 4.24. The topological polar surface area (TPSA) is 29.0 Å². The number of hydrogen-bond acceptors (Lipinski definition) is 3. The molecule has 0 atom stereocenters. The molecule has 3 nitrogen and oxygen atoms in total. The van der Waals surface area contributed by atoms with Crippen LogP contribution in [0.4, 0.5) is 5.69 Å². The highest BCUT2D eigenvalue weighted by atomic mass is 15.1. The summed E-state index contributed by atoms with van der Waals surface area (Å²) in [6.07, 6.45) is 9.90. The molecule has 1 fully saturated rings. The van der Waals surface area contributed by atoms with E-state index in [1.807, 2.05) is 36.5 Å². The van der Waals surface area contributed by atoms with Gasteiger partial charge in [-0.3, -0.25) is 0 Å². The van der Waals surface area contributed by atoms with Gasteiger partial charge in [-0.1, -0.05) is 36.4 Å². The summed E-state index contributed by atoms with van der Waals surface area (Å²) in [5.74, 6) is 0.744. The summed E-state index contributed by atoms with van der Waals surface area (Å²) in [5, 5.41) is 1.07. The van der Waals surface area contributed by atoms with Crippen LogP contribution in [0.25, 0.3) is 23.1 Å². The van der Waals surface area contributed by atoms with E-state index in [4.69, 9.17) is 0 Å². The van der Waals surface area contributed by atoms with Crippen molar-refractivity contribution in [2.75, 3.05) is 18.0 Å². The zero-order valence-electron chi connectivity index (χ0n) is 13.7. The third kappa shape index (κ3) is 3.30. The van der Waals surface area contributed by atoms with Crippen molar-refractivity contribution < 1.29 is 0 Å². The predicted octanol–water partition coefficient (Wildman–Crippen LogP) is 4.79. The second-order valence-corrected chi connectivity index (χ2v) is 6.26. The fraction of sp³-hybridized carbons (Fsp3) is 0.238. The van der Waals surface area contributed by atoms with Crippen LogP contribution in [-0.2, 0) is 0 Å². The van der Waals surface area contributed by atoms with Crippen molar-refractivity contribution in [2.45, 2.75) is 19.3 Å². The zero-order chi connectivity index (χ0) is 16.2. The van der Waals surface area contributed by atoms with Crippen molar-refractivity contribution in [3.05, 3.63) is 66.1 Å². The minimum atomic E-state index is 0.744. The molecular weight excluding hydrogens is 294 g/mol. The smallest absolute Gasteiger partial charge is 0.152 e. The number of aromatic nitrogens is 2. The average molecular weight is 315 g/mol. The molecule has 0 bridgehead atoms. The summed E-state index contributed by atoms with van der Waals surface area (Å²) < 4.78 is 0. The van der Waals surface area contributed by atoms with E-state index in [9.17, 15) is 0 Å². The van der Waals surface area contributed by atoms with Crippen molar-refractivity contribution in [1.82, 2.24) is 9.97 Å².